The van der Waals surface area contributed by atoms with Crippen LogP contribution in [0.25, 0.3) is 0 Å². The van der Waals surface area contributed by atoms with E-state index in [9.17, 15) is 8.42 Å². The summed E-state index contributed by atoms with van der Waals surface area (Å²) in [6.45, 7) is 3.32. The number of hydrogen-bond acceptors (Lipinski definition) is 4. The molecule has 1 N–H and O–H groups in total. The number of nitrogens with one attached hydrogen (secondary N) is 1. The molecular weight excluding hydrogens is 310 g/mol. The van der Waals surface area contributed by atoms with Crippen LogP contribution in [0.15, 0.2) is 53.4 Å². The predicted molar refractivity (Wildman–Crippen MR) is 87.8 cm³/mol. The van der Waals surface area contributed by atoms with Crippen molar-refractivity contribution in [3.8, 4) is 0 Å². The average molecular weight is 329 g/mol. The Kier molecular flexibility index (Phi) is 3.34. The van der Waals surface area contributed by atoms with Crippen LogP contribution in [0, 0.1) is 6.92 Å². The van der Waals surface area contributed by atoms with Crippen molar-refractivity contribution < 1.29 is 12.6 Å². The SMILES string of the molecule is Cc1ccc(S(=O)(=O)OC23CNCC(C2)c2ccccc23)cc1. The Morgan fingerprint density at radius 3 is 2.65 bits per heavy atom. The van der Waals surface area contributed by atoms with Gasteiger partial charge in [0.25, 0.3) is 10.1 Å². The number of fused-ring (bicyclic) bond motifs is 5. The monoisotopic (exact) mass is 329 g/mol. The lowest BCUT2D eigenvalue weighted by molar-refractivity contribution is 0.0549. The van der Waals surface area contributed by atoms with E-state index >= 15 is 0 Å². The molecular formula is C18H19NO3S. The van der Waals surface area contributed by atoms with E-state index in [1.807, 2.05) is 25.1 Å². The summed E-state index contributed by atoms with van der Waals surface area (Å²) in [6, 6.07) is 14.8. The van der Waals surface area contributed by atoms with Crippen molar-refractivity contribution in [1.29, 1.82) is 0 Å². The predicted octanol–water partition coefficient (Wildman–Crippen LogP) is 2.69. The zero-order valence-electron chi connectivity index (χ0n) is 13.0. The van der Waals surface area contributed by atoms with E-state index < -0.39 is 15.7 Å². The molecule has 0 amide bonds. The van der Waals surface area contributed by atoms with Gasteiger partial charge in [0.15, 0.2) is 0 Å². The highest BCUT2D eigenvalue weighted by Gasteiger charge is 2.50. The molecule has 0 spiro atoms. The first-order chi connectivity index (χ1) is 11.0. The molecule has 2 aliphatic rings. The normalized spacial score (nSPS) is 26.0. The fraction of sp³-hybridized carbons (Fsp3) is 0.333. The van der Waals surface area contributed by atoms with Crippen molar-refractivity contribution in [3.63, 3.8) is 0 Å². The Bertz CT molecular complexity index is 845. The molecule has 4 nitrogen and oxygen atoms in total. The van der Waals surface area contributed by atoms with Crippen molar-refractivity contribution in [3.05, 3.63) is 65.2 Å². The van der Waals surface area contributed by atoms with Crippen LogP contribution < -0.4 is 5.32 Å². The van der Waals surface area contributed by atoms with Gasteiger partial charge in [-0.1, -0.05) is 42.0 Å². The third-order valence-corrected chi connectivity index (χ3v) is 6.24. The van der Waals surface area contributed by atoms with Crippen LogP contribution in [0.1, 0.15) is 29.0 Å². The van der Waals surface area contributed by atoms with Crippen LogP contribution in [0.4, 0.5) is 0 Å². The molecule has 1 aliphatic heterocycles. The summed E-state index contributed by atoms with van der Waals surface area (Å²) in [7, 11) is -3.80. The minimum atomic E-state index is -3.80. The van der Waals surface area contributed by atoms with Crippen molar-refractivity contribution in [2.24, 2.45) is 0 Å². The summed E-state index contributed by atoms with van der Waals surface area (Å²) in [5, 5.41) is 3.33. The third kappa shape index (κ3) is 2.40. The summed E-state index contributed by atoms with van der Waals surface area (Å²) in [5.74, 6) is 0.313. The standard InChI is InChI=1S/C18H19NO3S/c1-13-6-8-15(9-7-13)23(20,21)22-18-10-14(11-19-12-18)16-4-2-3-5-17(16)18/h2-9,14,19H,10-12H2,1H3. The maximum absolute atomic E-state index is 12.8. The molecule has 2 aromatic rings. The smallest absolute Gasteiger partial charge is 0.297 e. The molecule has 0 saturated carbocycles. The van der Waals surface area contributed by atoms with Gasteiger partial charge in [-0.15, -0.1) is 0 Å². The molecule has 23 heavy (non-hydrogen) atoms. The second-order valence-electron chi connectivity index (χ2n) is 6.46. The zero-order chi connectivity index (χ0) is 16.1. The number of piperidine rings is 1. The largest absolute Gasteiger partial charge is 0.313 e. The van der Waals surface area contributed by atoms with E-state index in [4.69, 9.17) is 4.18 Å². The summed E-state index contributed by atoms with van der Waals surface area (Å²) < 4.78 is 31.3. The summed E-state index contributed by atoms with van der Waals surface area (Å²) in [5.41, 5.74) is 2.44. The first kappa shape index (κ1) is 14.9. The van der Waals surface area contributed by atoms with E-state index in [2.05, 4.69) is 11.4 Å². The van der Waals surface area contributed by atoms with Gasteiger partial charge < -0.3 is 5.32 Å². The Balaban J connectivity index is 1.74. The minimum Gasteiger partial charge on any atom is -0.313 e. The molecule has 0 aromatic heterocycles. The van der Waals surface area contributed by atoms with E-state index in [0.29, 0.717) is 18.9 Å². The van der Waals surface area contributed by atoms with Crippen LogP contribution in [-0.4, -0.2) is 21.5 Å². The molecule has 1 aliphatic carbocycles. The minimum absolute atomic E-state index is 0.212. The van der Waals surface area contributed by atoms with Gasteiger partial charge in [-0.2, -0.15) is 8.42 Å². The van der Waals surface area contributed by atoms with E-state index in [0.717, 1.165) is 17.7 Å². The number of hydrogen-bond donors (Lipinski definition) is 1. The van der Waals surface area contributed by atoms with Gasteiger partial charge in [0.1, 0.15) is 5.60 Å². The van der Waals surface area contributed by atoms with E-state index in [1.165, 1.54) is 5.56 Å². The Morgan fingerprint density at radius 2 is 1.87 bits per heavy atom. The third-order valence-electron chi connectivity index (χ3n) is 4.85. The van der Waals surface area contributed by atoms with Crippen LogP contribution >= 0.6 is 0 Å². The summed E-state index contributed by atoms with van der Waals surface area (Å²) >= 11 is 0. The first-order valence-corrected chi connectivity index (χ1v) is 9.23. The summed E-state index contributed by atoms with van der Waals surface area (Å²) in [6.07, 6.45) is 0.713. The Hall–Kier alpha value is -1.69. The maximum atomic E-state index is 12.8. The Labute approximate surface area is 136 Å². The van der Waals surface area contributed by atoms with Crippen LogP contribution in [-0.2, 0) is 19.9 Å². The highest BCUT2D eigenvalue weighted by molar-refractivity contribution is 7.86. The molecule has 4 rings (SSSR count). The van der Waals surface area contributed by atoms with Crippen LogP contribution in [0.2, 0.25) is 0 Å². The fourth-order valence-electron chi connectivity index (χ4n) is 3.76. The second-order valence-corrected chi connectivity index (χ2v) is 8.01. The quantitative estimate of drug-likeness (QED) is 0.880. The van der Waals surface area contributed by atoms with Crippen molar-refractivity contribution in [2.45, 2.75) is 29.8 Å². The molecule has 1 heterocycles. The average Bonchev–Trinajstić information content (AvgIpc) is 2.75. The molecule has 2 aromatic carbocycles. The van der Waals surface area contributed by atoms with Gasteiger partial charge in [-0.25, -0.2) is 0 Å². The van der Waals surface area contributed by atoms with Gasteiger partial charge in [0.2, 0.25) is 0 Å². The van der Waals surface area contributed by atoms with Gasteiger partial charge >= 0.3 is 0 Å². The molecule has 2 unspecified atom stereocenters. The molecule has 1 fully saturated rings. The molecule has 2 bridgehead atoms. The Morgan fingerprint density at radius 1 is 1.13 bits per heavy atom. The number of rotatable bonds is 3. The molecule has 5 heteroatoms. The van der Waals surface area contributed by atoms with Gasteiger partial charge in [0.05, 0.1) is 4.90 Å². The molecule has 0 radical (unpaired) electrons. The molecule has 120 valence electrons. The first-order valence-electron chi connectivity index (χ1n) is 7.83. The lowest BCUT2D eigenvalue weighted by atomic mass is 9.93. The summed E-state index contributed by atoms with van der Waals surface area (Å²) in [4.78, 5) is 0.212. The highest BCUT2D eigenvalue weighted by atomic mass is 32.2. The molecule has 1 saturated heterocycles. The zero-order valence-corrected chi connectivity index (χ0v) is 13.8. The van der Waals surface area contributed by atoms with Crippen LogP contribution in [0.3, 0.4) is 0 Å². The van der Waals surface area contributed by atoms with Gasteiger partial charge in [0, 0.05) is 13.1 Å². The van der Waals surface area contributed by atoms with Crippen molar-refractivity contribution >= 4 is 10.1 Å². The lowest BCUT2D eigenvalue weighted by Gasteiger charge is -2.33. The number of aryl methyl sites for hydroxylation is 1. The van der Waals surface area contributed by atoms with E-state index in [-0.39, 0.29) is 4.90 Å². The lowest BCUT2D eigenvalue weighted by Crippen LogP contribution is -2.44. The fourth-order valence-corrected chi connectivity index (χ4v) is 4.96. The van der Waals surface area contributed by atoms with Gasteiger partial charge in [-0.05, 0) is 42.5 Å². The van der Waals surface area contributed by atoms with Gasteiger partial charge in [-0.3, -0.25) is 4.18 Å². The van der Waals surface area contributed by atoms with Crippen molar-refractivity contribution in [2.75, 3.05) is 13.1 Å². The molecule has 2 atom stereocenters. The maximum Gasteiger partial charge on any atom is 0.297 e. The number of benzene rings is 2. The second kappa shape index (κ2) is 5.16. The topological polar surface area (TPSA) is 55.4 Å². The van der Waals surface area contributed by atoms with Crippen LogP contribution in [0.5, 0.6) is 0 Å². The highest BCUT2D eigenvalue weighted by Crippen LogP contribution is 2.49. The van der Waals surface area contributed by atoms with Crippen molar-refractivity contribution in [1.82, 2.24) is 5.32 Å². The van der Waals surface area contributed by atoms with E-state index in [1.54, 1.807) is 24.3 Å².